The van der Waals surface area contributed by atoms with Crippen LogP contribution in [0.4, 0.5) is 0 Å². The number of nitrogens with zero attached hydrogens (tertiary/aromatic N) is 1. The number of piperidine rings is 1. The number of carbonyl (C=O) groups is 1. The van der Waals surface area contributed by atoms with Crippen LogP contribution in [0.25, 0.3) is 0 Å². The molecule has 0 unspecified atom stereocenters. The molecule has 0 aliphatic carbocycles. The van der Waals surface area contributed by atoms with E-state index in [0.717, 1.165) is 52.1 Å². The lowest BCUT2D eigenvalue weighted by Crippen LogP contribution is -2.48. The van der Waals surface area contributed by atoms with Crippen LogP contribution in [0.3, 0.4) is 0 Å². The second kappa shape index (κ2) is 5.17. The van der Waals surface area contributed by atoms with E-state index >= 15 is 0 Å². The zero-order valence-corrected chi connectivity index (χ0v) is 11.1. The number of rotatable bonds is 1. The fourth-order valence-electron chi connectivity index (χ4n) is 3.62. The zero-order chi connectivity index (χ0) is 12.4. The van der Waals surface area contributed by atoms with E-state index in [1.807, 2.05) is 0 Å². The highest BCUT2D eigenvalue weighted by atomic mass is 16.5. The van der Waals surface area contributed by atoms with E-state index < -0.39 is 0 Å². The van der Waals surface area contributed by atoms with Crippen molar-refractivity contribution in [3.63, 3.8) is 0 Å². The topological polar surface area (TPSA) is 41.6 Å². The summed E-state index contributed by atoms with van der Waals surface area (Å²) in [7, 11) is 0. The normalized spacial score (nSPS) is 31.8. The smallest absolute Gasteiger partial charge is 0.239 e. The highest BCUT2D eigenvalue weighted by Crippen LogP contribution is 2.39. The Balaban J connectivity index is 1.59. The van der Waals surface area contributed by atoms with E-state index in [0.29, 0.717) is 11.3 Å². The molecule has 3 aliphatic heterocycles. The van der Waals surface area contributed by atoms with Crippen LogP contribution in [0.5, 0.6) is 0 Å². The van der Waals surface area contributed by atoms with Crippen LogP contribution in [0, 0.1) is 5.41 Å². The summed E-state index contributed by atoms with van der Waals surface area (Å²) >= 11 is 0. The van der Waals surface area contributed by atoms with Gasteiger partial charge in [0.05, 0.1) is 6.04 Å². The molecule has 0 aromatic rings. The molecular formula is C14H24N2O2. The molecule has 1 spiro atoms. The molecule has 1 N–H and O–H groups in total. The zero-order valence-electron chi connectivity index (χ0n) is 11.1. The van der Waals surface area contributed by atoms with Gasteiger partial charge in [-0.3, -0.25) is 4.79 Å². The third-order valence-corrected chi connectivity index (χ3v) is 4.91. The molecule has 0 aromatic carbocycles. The Bertz CT molecular complexity index is 307. The van der Waals surface area contributed by atoms with Crippen molar-refractivity contribution in [2.75, 3.05) is 32.8 Å². The van der Waals surface area contributed by atoms with Crippen LogP contribution >= 0.6 is 0 Å². The highest BCUT2D eigenvalue weighted by molar-refractivity contribution is 5.82. The molecule has 102 valence electrons. The lowest BCUT2D eigenvalue weighted by atomic mass is 9.80. The number of likely N-dealkylation sites (tertiary alicyclic amines) is 1. The summed E-state index contributed by atoms with van der Waals surface area (Å²) in [4.78, 5) is 14.6. The van der Waals surface area contributed by atoms with Crippen molar-refractivity contribution in [3.8, 4) is 0 Å². The molecule has 3 heterocycles. The largest absolute Gasteiger partial charge is 0.381 e. The molecule has 4 nitrogen and oxygen atoms in total. The van der Waals surface area contributed by atoms with Crippen LogP contribution in [0.15, 0.2) is 0 Å². The van der Waals surface area contributed by atoms with E-state index in [1.165, 1.54) is 19.3 Å². The van der Waals surface area contributed by atoms with Gasteiger partial charge in [-0.25, -0.2) is 0 Å². The van der Waals surface area contributed by atoms with Gasteiger partial charge in [0.15, 0.2) is 0 Å². The van der Waals surface area contributed by atoms with Gasteiger partial charge in [0.1, 0.15) is 0 Å². The van der Waals surface area contributed by atoms with Crippen molar-refractivity contribution in [2.45, 2.75) is 44.6 Å². The van der Waals surface area contributed by atoms with E-state index in [-0.39, 0.29) is 6.04 Å². The monoisotopic (exact) mass is 252 g/mol. The van der Waals surface area contributed by atoms with Crippen molar-refractivity contribution in [2.24, 2.45) is 5.41 Å². The van der Waals surface area contributed by atoms with Gasteiger partial charge in [0, 0.05) is 26.3 Å². The maximum atomic E-state index is 12.5. The van der Waals surface area contributed by atoms with Crippen molar-refractivity contribution in [1.29, 1.82) is 0 Å². The summed E-state index contributed by atoms with van der Waals surface area (Å²) in [5, 5.41) is 3.37. The fourth-order valence-corrected chi connectivity index (χ4v) is 3.62. The standard InChI is InChI=1S/C14H24N2O2/c17-13(12-3-1-2-7-15-12)16-8-4-14(11-16)5-9-18-10-6-14/h12,15H,1-11H2/t12-/m0/s1. The first-order chi connectivity index (χ1) is 8.79. The van der Waals surface area contributed by atoms with Gasteiger partial charge in [-0.1, -0.05) is 6.42 Å². The van der Waals surface area contributed by atoms with Crippen LogP contribution in [-0.4, -0.2) is 49.7 Å². The van der Waals surface area contributed by atoms with Gasteiger partial charge in [-0.2, -0.15) is 0 Å². The SMILES string of the molecule is O=C([C@@H]1CCCCN1)N1CCC2(CCOCC2)C1. The Morgan fingerprint density at radius 2 is 2.06 bits per heavy atom. The van der Waals surface area contributed by atoms with Crippen LogP contribution in [-0.2, 0) is 9.53 Å². The first kappa shape index (κ1) is 12.4. The lowest BCUT2D eigenvalue weighted by Gasteiger charge is -2.34. The minimum absolute atomic E-state index is 0.0914. The molecule has 18 heavy (non-hydrogen) atoms. The Morgan fingerprint density at radius 3 is 2.78 bits per heavy atom. The molecular weight excluding hydrogens is 228 g/mol. The van der Waals surface area contributed by atoms with E-state index in [1.54, 1.807) is 0 Å². The first-order valence-electron chi connectivity index (χ1n) is 7.39. The summed E-state index contributed by atoms with van der Waals surface area (Å²) in [5.41, 5.74) is 0.378. The second-order valence-electron chi connectivity index (χ2n) is 6.12. The molecule has 3 saturated heterocycles. The molecule has 0 aromatic heterocycles. The molecule has 0 saturated carbocycles. The number of amides is 1. The Kier molecular flexibility index (Phi) is 3.57. The summed E-state index contributed by atoms with van der Waals surface area (Å²) in [6.45, 7) is 4.68. The first-order valence-corrected chi connectivity index (χ1v) is 7.39. The summed E-state index contributed by atoms with van der Waals surface area (Å²) in [5.74, 6) is 0.345. The molecule has 1 atom stereocenters. The number of hydrogen-bond acceptors (Lipinski definition) is 3. The van der Waals surface area contributed by atoms with Crippen molar-refractivity contribution < 1.29 is 9.53 Å². The van der Waals surface area contributed by atoms with Crippen molar-refractivity contribution in [3.05, 3.63) is 0 Å². The van der Waals surface area contributed by atoms with Gasteiger partial charge in [0.25, 0.3) is 0 Å². The molecule has 0 bridgehead atoms. The number of ether oxygens (including phenoxy) is 1. The van der Waals surface area contributed by atoms with Gasteiger partial charge in [-0.05, 0) is 44.1 Å². The average Bonchev–Trinajstić information content (AvgIpc) is 2.83. The van der Waals surface area contributed by atoms with Gasteiger partial charge >= 0.3 is 0 Å². The van der Waals surface area contributed by atoms with Gasteiger partial charge in [0.2, 0.25) is 5.91 Å². The van der Waals surface area contributed by atoms with Crippen molar-refractivity contribution in [1.82, 2.24) is 10.2 Å². The lowest BCUT2D eigenvalue weighted by molar-refractivity contribution is -0.133. The Labute approximate surface area is 109 Å². The molecule has 3 fully saturated rings. The maximum absolute atomic E-state index is 12.5. The summed E-state index contributed by atoms with van der Waals surface area (Å²) in [6, 6.07) is 0.0914. The number of hydrogen-bond donors (Lipinski definition) is 1. The molecule has 4 heteroatoms. The average molecular weight is 252 g/mol. The van der Waals surface area contributed by atoms with Crippen molar-refractivity contribution >= 4 is 5.91 Å². The van der Waals surface area contributed by atoms with Crippen LogP contribution in [0.1, 0.15) is 38.5 Å². The van der Waals surface area contributed by atoms with E-state index in [2.05, 4.69) is 10.2 Å². The number of carbonyl (C=O) groups excluding carboxylic acids is 1. The molecule has 0 radical (unpaired) electrons. The molecule has 3 aliphatic rings. The molecule has 3 rings (SSSR count). The third kappa shape index (κ3) is 2.41. The van der Waals surface area contributed by atoms with Crippen LogP contribution < -0.4 is 5.32 Å². The predicted molar refractivity (Wildman–Crippen MR) is 69.3 cm³/mol. The van der Waals surface area contributed by atoms with Gasteiger partial charge < -0.3 is 15.0 Å². The van der Waals surface area contributed by atoms with Crippen LogP contribution in [0.2, 0.25) is 0 Å². The summed E-state index contributed by atoms with van der Waals surface area (Å²) < 4.78 is 5.45. The number of nitrogens with one attached hydrogen (secondary N) is 1. The second-order valence-corrected chi connectivity index (χ2v) is 6.12. The van der Waals surface area contributed by atoms with Gasteiger partial charge in [-0.15, -0.1) is 0 Å². The Morgan fingerprint density at radius 1 is 1.22 bits per heavy atom. The predicted octanol–water partition coefficient (Wildman–Crippen LogP) is 1.16. The maximum Gasteiger partial charge on any atom is 0.239 e. The minimum Gasteiger partial charge on any atom is -0.381 e. The minimum atomic E-state index is 0.0914. The highest BCUT2D eigenvalue weighted by Gasteiger charge is 2.42. The van der Waals surface area contributed by atoms with E-state index in [9.17, 15) is 4.79 Å². The van der Waals surface area contributed by atoms with E-state index in [4.69, 9.17) is 4.74 Å². The quantitative estimate of drug-likeness (QED) is 0.761. The Hall–Kier alpha value is -0.610. The third-order valence-electron chi connectivity index (χ3n) is 4.91. The fraction of sp³-hybridized carbons (Fsp3) is 0.929. The summed E-state index contributed by atoms with van der Waals surface area (Å²) in [6.07, 6.45) is 6.87. The molecule has 1 amide bonds.